The first-order valence-electron chi connectivity index (χ1n) is 16.1. The number of ether oxygens (including phenoxy) is 3. The number of likely N-dealkylation sites (tertiary alicyclic amines) is 1. The first-order chi connectivity index (χ1) is 21.7. The van der Waals surface area contributed by atoms with Gasteiger partial charge in [0.2, 0.25) is 11.8 Å². The molecule has 0 saturated carbocycles. The van der Waals surface area contributed by atoms with E-state index < -0.39 is 6.04 Å². The summed E-state index contributed by atoms with van der Waals surface area (Å²) in [5.74, 6) is 1.05. The summed E-state index contributed by atoms with van der Waals surface area (Å²) in [7, 11) is 2.11. The van der Waals surface area contributed by atoms with E-state index in [-0.39, 0.29) is 36.5 Å². The monoisotopic (exact) mass is 621 g/mol. The zero-order chi connectivity index (χ0) is 31.9. The van der Waals surface area contributed by atoms with Crippen LogP contribution in [-0.4, -0.2) is 122 Å². The van der Waals surface area contributed by atoms with Gasteiger partial charge in [-0.3, -0.25) is 19.3 Å². The molecular weight excluding hydrogens is 574 g/mol. The van der Waals surface area contributed by atoms with Crippen LogP contribution in [0.4, 0.5) is 0 Å². The van der Waals surface area contributed by atoms with Crippen LogP contribution in [0.2, 0.25) is 0 Å². The molecule has 3 heterocycles. The van der Waals surface area contributed by atoms with Gasteiger partial charge in [0, 0.05) is 44.4 Å². The molecule has 3 aliphatic heterocycles. The Hall–Kier alpha value is -3.67. The standard InChI is InChI=1S/C34H47N5O6/c1-5-38-21-32(40)35-30-20-39(33(41)22-37-12-7-11-36(4)14-15-37)13-10-31(30)43-23-25-8-6-9-27(16-25)45-29-18-26(34(38)42)17-28(19-29)44-24(2)3/h6,8-9,16-19,24,30-31H,5,7,10-15,20-23H2,1-4H3,(H,35,40)/t30-,31-/m0/s1. The van der Waals surface area contributed by atoms with Gasteiger partial charge in [0.05, 0.1) is 37.9 Å². The third-order valence-electron chi connectivity index (χ3n) is 8.52. The quantitative estimate of drug-likeness (QED) is 0.544. The SMILES string of the molecule is CCN1CC(=O)N[C@H]2CN(C(=O)CN3CCCN(C)CC3)CC[C@@H]2OCc2cccc(c2)Oc2cc(OC(C)C)cc(c2)C1=O. The Morgan fingerprint density at radius 2 is 1.89 bits per heavy atom. The van der Waals surface area contributed by atoms with Crippen LogP contribution in [0.1, 0.15) is 49.5 Å². The van der Waals surface area contributed by atoms with Crippen molar-refractivity contribution < 1.29 is 28.6 Å². The second-order valence-electron chi connectivity index (χ2n) is 12.5. The molecule has 0 radical (unpaired) electrons. The molecule has 0 aromatic heterocycles. The molecule has 4 bridgehead atoms. The minimum atomic E-state index is -0.416. The fraction of sp³-hybridized carbons (Fsp3) is 0.559. The minimum Gasteiger partial charge on any atom is -0.491 e. The summed E-state index contributed by atoms with van der Waals surface area (Å²) in [4.78, 5) is 48.4. The summed E-state index contributed by atoms with van der Waals surface area (Å²) < 4.78 is 18.5. The Morgan fingerprint density at radius 3 is 2.69 bits per heavy atom. The Labute approximate surface area is 266 Å². The van der Waals surface area contributed by atoms with E-state index in [4.69, 9.17) is 14.2 Å². The number of benzene rings is 2. The van der Waals surface area contributed by atoms with Crippen LogP contribution >= 0.6 is 0 Å². The van der Waals surface area contributed by atoms with Crippen molar-refractivity contribution in [2.45, 2.75) is 58.5 Å². The molecule has 11 nitrogen and oxygen atoms in total. The van der Waals surface area contributed by atoms with Crippen molar-refractivity contribution in [1.82, 2.24) is 24.9 Å². The molecule has 3 aliphatic rings. The molecule has 0 unspecified atom stereocenters. The van der Waals surface area contributed by atoms with Crippen LogP contribution in [0.25, 0.3) is 0 Å². The number of nitrogens with zero attached hydrogens (tertiary/aromatic N) is 4. The van der Waals surface area contributed by atoms with Gasteiger partial charge in [-0.05, 0) is 83.6 Å². The van der Waals surface area contributed by atoms with Crippen molar-refractivity contribution in [3.63, 3.8) is 0 Å². The maximum Gasteiger partial charge on any atom is 0.254 e. The molecule has 2 fully saturated rings. The van der Waals surface area contributed by atoms with Crippen molar-refractivity contribution in [2.24, 2.45) is 0 Å². The molecule has 45 heavy (non-hydrogen) atoms. The van der Waals surface area contributed by atoms with Crippen molar-refractivity contribution in [3.8, 4) is 17.2 Å². The highest BCUT2D eigenvalue weighted by Crippen LogP contribution is 2.30. The fourth-order valence-electron chi connectivity index (χ4n) is 6.11. The highest BCUT2D eigenvalue weighted by Gasteiger charge is 2.34. The predicted octanol–water partition coefficient (Wildman–Crippen LogP) is 2.98. The van der Waals surface area contributed by atoms with E-state index in [9.17, 15) is 14.4 Å². The first kappa shape index (κ1) is 32.7. The van der Waals surface area contributed by atoms with E-state index in [0.717, 1.165) is 38.2 Å². The smallest absolute Gasteiger partial charge is 0.254 e. The number of carbonyl (C=O) groups is 3. The number of fused-ring (bicyclic) bond motifs is 5. The number of hydrogen-bond donors (Lipinski definition) is 1. The van der Waals surface area contributed by atoms with E-state index in [0.29, 0.717) is 62.0 Å². The zero-order valence-electron chi connectivity index (χ0n) is 27.0. The summed E-state index contributed by atoms with van der Waals surface area (Å²) in [5, 5.41) is 3.12. The average molecular weight is 622 g/mol. The lowest BCUT2D eigenvalue weighted by molar-refractivity contribution is -0.138. The van der Waals surface area contributed by atoms with Gasteiger partial charge in [0.25, 0.3) is 5.91 Å². The molecular formula is C34H47N5O6. The van der Waals surface area contributed by atoms with Crippen LogP contribution in [0.3, 0.4) is 0 Å². The molecule has 2 aromatic rings. The first-order valence-corrected chi connectivity index (χ1v) is 16.1. The molecule has 0 spiro atoms. The molecule has 0 aliphatic carbocycles. The fourth-order valence-corrected chi connectivity index (χ4v) is 6.11. The van der Waals surface area contributed by atoms with Crippen molar-refractivity contribution in [2.75, 3.05) is 66.0 Å². The van der Waals surface area contributed by atoms with Gasteiger partial charge in [-0.1, -0.05) is 12.1 Å². The maximum absolute atomic E-state index is 13.7. The lowest BCUT2D eigenvalue weighted by atomic mass is 10.0. The number of likely N-dealkylation sites (N-methyl/N-ethyl adjacent to an activating group) is 2. The van der Waals surface area contributed by atoms with E-state index in [1.54, 1.807) is 18.2 Å². The van der Waals surface area contributed by atoms with Gasteiger partial charge < -0.3 is 34.2 Å². The van der Waals surface area contributed by atoms with Gasteiger partial charge in [0.1, 0.15) is 17.2 Å². The minimum absolute atomic E-state index is 0.0638. The van der Waals surface area contributed by atoms with Crippen LogP contribution in [0.5, 0.6) is 17.2 Å². The number of hydrogen-bond acceptors (Lipinski definition) is 8. The molecule has 1 N–H and O–H groups in total. The molecule has 3 amide bonds. The molecule has 2 atom stereocenters. The summed E-state index contributed by atoms with van der Waals surface area (Å²) >= 11 is 0. The average Bonchev–Trinajstić information content (AvgIpc) is 3.21. The Kier molecular flexibility index (Phi) is 11.0. The number of nitrogens with one attached hydrogen (secondary N) is 1. The Morgan fingerprint density at radius 1 is 1.04 bits per heavy atom. The van der Waals surface area contributed by atoms with Gasteiger partial charge in [-0.15, -0.1) is 0 Å². The maximum atomic E-state index is 13.7. The highest BCUT2D eigenvalue weighted by atomic mass is 16.5. The van der Waals surface area contributed by atoms with Gasteiger partial charge in [-0.25, -0.2) is 0 Å². The third-order valence-corrected chi connectivity index (χ3v) is 8.52. The third kappa shape index (κ3) is 8.96. The lowest BCUT2D eigenvalue weighted by Gasteiger charge is -2.39. The van der Waals surface area contributed by atoms with Crippen LogP contribution < -0.4 is 14.8 Å². The predicted molar refractivity (Wildman–Crippen MR) is 171 cm³/mol. The second kappa shape index (κ2) is 15.1. The highest BCUT2D eigenvalue weighted by molar-refractivity contribution is 5.97. The Balaban J connectivity index is 1.37. The summed E-state index contributed by atoms with van der Waals surface area (Å²) in [6.07, 6.45) is 1.23. The summed E-state index contributed by atoms with van der Waals surface area (Å²) in [6.45, 7) is 11.2. The second-order valence-corrected chi connectivity index (χ2v) is 12.5. The number of amides is 3. The van der Waals surface area contributed by atoms with Crippen molar-refractivity contribution >= 4 is 17.7 Å². The Bertz CT molecular complexity index is 1350. The van der Waals surface area contributed by atoms with E-state index in [1.165, 1.54) is 4.90 Å². The normalized spacial score (nSPS) is 22.3. The van der Waals surface area contributed by atoms with E-state index >= 15 is 0 Å². The van der Waals surface area contributed by atoms with Gasteiger partial charge in [0.15, 0.2) is 0 Å². The molecule has 2 saturated heterocycles. The molecule has 5 rings (SSSR count). The van der Waals surface area contributed by atoms with E-state index in [2.05, 4.69) is 22.2 Å². The lowest BCUT2D eigenvalue weighted by Crippen LogP contribution is -2.59. The van der Waals surface area contributed by atoms with Crippen LogP contribution in [0, 0.1) is 0 Å². The number of carbonyl (C=O) groups excluding carboxylic acids is 3. The molecule has 2 aromatic carbocycles. The van der Waals surface area contributed by atoms with Gasteiger partial charge >= 0.3 is 0 Å². The number of piperidine rings is 1. The van der Waals surface area contributed by atoms with Crippen LogP contribution in [-0.2, 0) is 20.9 Å². The summed E-state index contributed by atoms with van der Waals surface area (Å²) in [5.41, 5.74) is 1.29. The molecule has 11 heteroatoms. The van der Waals surface area contributed by atoms with Crippen molar-refractivity contribution in [3.05, 3.63) is 53.6 Å². The largest absolute Gasteiger partial charge is 0.491 e. The zero-order valence-corrected chi connectivity index (χ0v) is 27.0. The number of rotatable bonds is 5. The van der Waals surface area contributed by atoms with Gasteiger partial charge in [-0.2, -0.15) is 0 Å². The topological polar surface area (TPSA) is 104 Å². The van der Waals surface area contributed by atoms with Crippen molar-refractivity contribution in [1.29, 1.82) is 0 Å². The molecule has 244 valence electrons. The summed E-state index contributed by atoms with van der Waals surface area (Å²) in [6, 6.07) is 12.3. The van der Waals surface area contributed by atoms with E-state index in [1.807, 2.05) is 49.9 Å². The van der Waals surface area contributed by atoms with Crippen LogP contribution in [0.15, 0.2) is 42.5 Å².